The van der Waals surface area contributed by atoms with Crippen LogP contribution in [0, 0.1) is 0 Å². The van der Waals surface area contributed by atoms with E-state index in [1.165, 1.54) is 17.5 Å². The van der Waals surface area contributed by atoms with Crippen LogP contribution in [0.5, 0.6) is 0 Å². The van der Waals surface area contributed by atoms with Gasteiger partial charge in [0, 0.05) is 64.3 Å². The highest BCUT2D eigenvalue weighted by Gasteiger charge is 2.35. The van der Waals surface area contributed by atoms with Crippen LogP contribution in [0.15, 0.2) is 36.7 Å². The topological polar surface area (TPSA) is 102 Å². The normalized spacial score (nSPS) is 23.6. The van der Waals surface area contributed by atoms with Gasteiger partial charge in [0.15, 0.2) is 0 Å². The first-order chi connectivity index (χ1) is 17.0. The largest absolute Gasteiger partial charge is 0.390 e. The third-order valence-corrected chi connectivity index (χ3v) is 7.64. The molecule has 1 aromatic heterocycles. The minimum atomic E-state index is -0.594. The SMILES string of the molecule is CC(=O)N1CCC(Nc2cc(C(=O)N3CC[C@@H](N4CCc5ccccc5C4)[C@H](O)C3)ncn2)CC1. The molecule has 35 heavy (non-hydrogen) atoms. The van der Waals surface area contributed by atoms with Crippen molar-refractivity contribution in [1.82, 2.24) is 24.7 Å². The Bertz CT molecular complexity index is 1070. The Morgan fingerprint density at radius 1 is 1.00 bits per heavy atom. The highest BCUT2D eigenvalue weighted by Crippen LogP contribution is 2.26. The van der Waals surface area contributed by atoms with Crippen molar-refractivity contribution in [3.8, 4) is 0 Å². The first kappa shape index (κ1) is 23.7. The van der Waals surface area contributed by atoms with Crippen molar-refractivity contribution in [2.45, 2.75) is 57.3 Å². The van der Waals surface area contributed by atoms with Gasteiger partial charge in [-0.3, -0.25) is 14.5 Å². The van der Waals surface area contributed by atoms with Crippen LogP contribution in [0.1, 0.15) is 47.8 Å². The Kier molecular flexibility index (Phi) is 6.97. The molecule has 2 aromatic rings. The fourth-order valence-corrected chi connectivity index (χ4v) is 5.59. The first-order valence-electron chi connectivity index (χ1n) is 12.6. The molecule has 2 amide bonds. The van der Waals surface area contributed by atoms with E-state index >= 15 is 0 Å². The smallest absolute Gasteiger partial charge is 0.272 e. The number of fused-ring (bicyclic) bond motifs is 1. The number of aliphatic hydroxyl groups is 1. The van der Waals surface area contributed by atoms with Gasteiger partial charge in [0.2, 0.25) is 5.91 Å². The number of hydrogen-bond acceptors (Lipinski definition) is 7. The van der Waals surface area contributed by atoms with Gasteiger partial charge < -0.3 is 20.2 Å². The van der Waals surface area contributed by atoms with Gasteiger partial charge in [-0.2, -0.15) is 0 Å². The van der Waals surface area contributed by atoms with Crippen LogP contribution in [0.4, 0.5) is 5.82 Å². The summed E-state index contributed by atoms with van der Waals surface area (Å²) < 4.78 is 0. The van der Waals surface area contributed by atoms with E-state index in [2.05, 4.69) is 44.5 Å². The van der Waals surface area contributed by atoms with Crippen LogP contribution in [-0.4, -0.2) is 92.5 Å². The molecule has 9 nitrogen and oxygen atoms in total. The third-order valence-electron chi connectivity index (χ3n) is 7.64. The van der Waals surface area contributed by atoms with Crippen LogP contribution < -0.4 is 5.32 Å². The molecule has 0 bridgehead atoms. The number of β-amino-alcohol motifs (C(OH)–C–C–N with tert-alkyl or cyclic N) is 1. The summed E-state index contributed by atoms with van der Waals surface area (Å²) in [5.41, 5.74) is 3.06. The van der Waals surface area contributed by atoms with Crippen LogP contribution in [0.2, 0.25) is 0 Å². The van der Waals surface area contributed by atoms with E-state index in [0.717, 1.165) is 51.9 Å². The second-order valence-electron chi connectivity index (χ2n) is 9.88. The number of piperidine rings is 2. The highest BCUT2D eigenvalue weighted by atomic mass is 16.3. The van der Waals surface area contributed by atoms with Crippen LogP contribution in [0.3, 0.4) is 0 Å². The number of nitrogens with zero attached hydrogens (tertiary/aromatic N) is 5. The molecule has 0 radical (unpaired) electrons. The van der Waals surface area contributed by atoms with E-state index in [4.69, 9.17) is 0 Å². The number of carbonyl (C=O) groups is 2. The average molecular weight is 479 g/mol. The predicted molar refractivity (Wildman–Crippen MR) is 132 cm³/mol. The van der Waals surface area contributed by atoms with E-state index < -0.39 is 6.10 Å². The minimum Gasteiger partial charge on any atom is -0.390 e. The molecule has 2 saturated heterocycles. The van der Waals surface area contributed by atoms with Gasteiger partial charge in [-0.05, 0) is 36.8 Å². The summed E-state index contributed by atoms with van der Waals surface area (Å²) in [6.07, 6.45) is 4.23. The molecular formula is C26H34N6O3. The minimum absolute atomic E-state index is 0.0518. The second-order valence-corrected chi connectivity index (χ2v) is 9.88. The van der Waals surface area contributed by atoms with Gasteiger partial charge in [0.25, 0.3) is 5.91 Å². The van der Waals surface area contributed by atoms with Crippen LogP contribution >= 0.6 is 0 Å². The van der Waals surface area contributed by atoms with Crippen LogP contribution in [0.25, 0.3) is 0 Å². The summed E-state index contributed by atoms with van der Waals surface area (Å²) in [6, 6.07) is 10.5. The first-order valence-corrected chi connectivity index (χ1v) is 12.6. The molecule has 2 N–H and O–H groups in total. The molecule has 0 unspecified atom stereocenters. The van der Waals surface area contributed by atoms with E-state index in [1.807, 2.05) is 4.90 Å². The predicted octanol–water partition coefficient (Wildman–Crippen LogP) is 1.53. The highest BCUT2D eigenvalue weighted by molar-refractivity contribution is 5.93. The number of amides is 2. The maximum absolute atomic E-state index is 13.2. The molecule has 1 aromatic carbocycles. The Hall–Kier alpha value is -3.04. The number of anilines is 1. The molecule has 2 fully saturated rings. The van der Waals surface area contributed by atoms with Crippen LogP contribution in [-0.2, 0) is 17.8 Å². The lowest BCUT2D eigenvalue weighted by molar-refractivity contribution is -0.129. The molecule has 5 rings (SSSR count). The summed E-state index contributed by atoms with van der Waals surface area (Å²) >= 11 is 0. The molecule has 186 valence electrons. The maximum atomic E-state index is 13.2. The quantitative estimate of drug-likeness (QED) is 0.687. The van der Waals surface area contributed by atoms with Gasteiger partial charge in [-0.15, -0.1) is 0 Å². The molecule has 0 saturated carbocycles. The monoisotopic (exact) mass is 478 g/mol. The lowest BCUT2D eigenvalue weighted by Crippen LogP contribution is -2.56. The lowest BCUT2D eigenvalue weighted by atomic mass is 9.94. The van der Waals surface area contributed by atoms with Crippen molar-refractivity contribution in [3.05, 3.63) is 53.5 Å². The molecule has 4 heterocycles. The zero-order chi connectivity index (χ0) is 24.4. The number of carbonyl (C=O) groups excluding carboxylic acids is 2. The van der Waals surface area contributed by atoms with Crippen molar-refractivity contribution < 1.29 is 14.7 Å². The molecule has 3 aliphatic rings. The van der Waals surface area contributed by atoms with Gasteiger partial charge in [-0.1, -0.05) is 24.3 Å². The van der Waals surface area contributed by atoms with Crippen molar-refractivity contribution in [2.24, 2.45) is 0 Å². The Morgan fingerprint density at radius 3 is 2.49 bits per heavy atom. The molecular weight excluding hydrogens is 444 g/mol. The number of benzene rings is 1. The van der Waals surface area contributed by atoms with E-state index in [1.54, 1.807) is 17.9 Å². The van der Waals surface area contributed by atoms with Gasteiger partial charge in [0.1, 0.15) is 17.8 Å². The fourth-order valence-electron chi connectivity index (χ4n) is 5.59. The Morgan fingerprint density at radius 2 is 1.74 bits per heavy atom. The molecule has 3 aliphatic heterocycles. The Balaban J connectivity index is 1.17. The number of aliphatic hydroxyl groups excluding tert-OH is 1. The zero-order valence-electron chi connectivity index (χ0n) is 20.3. The third kappa shape index (κ3) is 5.31. The fraction of sp³-hybridized carbons (Fsp3) is 0.538. The van der Waals surface area contributed by atoms with Crippen molar-refractivity contribution in [1.29, 1.82) is 0 Å². The lowest BCUT2D eigenvalue weighted by Gasteiger charge is -2.43. The summed E-state index contributed by atoms with van der Waals surface area (Å²) in [7, 11) is 0. The summed E-state index contributed by atoms with van der Waals surface area (Å²) in [4.78, 5) is 39.2. The molecule has 0 spiro atoms. The number of aromatic nitrogens is 2. The number of hydrogen-bond donors (Lipinski definition) is 2. The van der Waals surface area contributed by atoms with Crippen molar-refractivity contribution >= 4 is 17.6 Å². The van der Waals surface area contributed by atoms with Crippen molar-refractivity contribution in [2.75, 3.05) is 38.0 Å². The zero-order valence-corrected chi connectivity index (χ0v) is 20.3. The van der Waals surface area contributed by atoms with E-state index in [-0.39, 0.29) is 23.9 Å². The van der Waals surface area contributed by atoms with Gasteiger partial charge in [-0.25, -0.2) is 9.97 Å². The number of nitrogens with one attached hydrogen (secondary N) is 1. The van der Waals surface area contributed by atoms with Crippen molar-refractivity contribution in [3.63, 3.8) is 0 Å². The van der Waals surface area contributed by atoms with E-state index in [0.29, 0.717) is 24.6 Å². The number of rotatable bonds is 4. The average Bonchev–Trinajstić information content (AvgIpc) is 2.88. The molecule has 2 atom stereocenters. The molecule has 9 heteroatoms. The second kappa shape index (κ2) is 10.3. The van der Waals surface area contributed by atoms with Gasteiger partial charge in [0.05, 0.1) is 6.10 Å². The summed E-state index contributed by atoms with van der Waals surface area (Å²) in [5, 5.41) is 14.3. The molecule has 0 aliphatic carbocycles. The summed E-state index contributed by atoms with van der Waals surface area (Å²) in [6.45, 7) is 5.71. The standard InChI is InChI=1S/C26H34N6O3/c1-18(33)30-11-7-21(8-12-30)29-25-14-22(27-17-28-25)26(35)32-13-9-23(24(34)16-32)31-10-6-19-4-2-3-5-20(19)15-31/h2-5,14,17,21,23-24,34H,6-13,15-16H2,1H3,(H,27,28,29)/t23-,24-/m1/s1. The maximum Gasteiger partial charge on any atom is 0.272 e. The number of likely N-dealkylation sites (tertiary alicyclic amines) is 2. The van der Waals surface area contributed by atoms with Gasteiger partial charge >= 0.3 is 0 Å². The Labute approximate surface area is 206 Å². The summed E-state index contributed by atoms with van der Waals surface area (Å²) in [5.74, 6) is 0.546. The van der Waals surface area contributed by atoms with E-state index in [9.17, 15) is 14.7 Å².